The number of fused-ring (bicyclic) bond motifs is 12. The quantitative estimate of drug-likeness (QED) is 0.172. The Kier molecular flexibility index (Phi) is 6.08. The zero-order valence-electron chi connectivity index (χ0n) is 29.1. The van der Waals surface area contributed by atoms with E-state index in [4.69, 9.17) is 4.42 Å². The molecule has 10 aromatic rings. The largest absolute Gasteiger partial charge is 0.455 e. The standard InChI is InChI=1S/C51H34O/c1-51(2)43-30-34(28-29-41(43)48-49(51)40-21-11-10-20-39(40)47-42-22-12-13-23-44(42)52-50(47)48)31-24-26-33(27-25-31)46-37-18-8-6-16-35(37)45(32-14-4-3-5-15-32)36-17-7-9-19-38(36)46/h3-30H,1-2H3. The molecular weight excluding hydrogens is 629 g/mol. The minimum atomic E-state index is -0.203. The zero-order valence-corrected chi connectivity index (χ0v) is 29.1. The van der Waals surface area contributed by atoms with Crippen molar-refractivity contribution < 1.29 is 4.42 Å². The Bertz CT molecular complexity index is 3010. The van der Waals surface area contributed by atoms with Crippen molar-refractivity contribution in [3.05, 3.63) is 181 Å². The van der Waals surface area contributed by atoms with E-state index in [1.54, 1.807) is 0 Å². The Labute approximate surface area is 302 Å². The van der Waals surface area contributed by atoms with Crippen LogP contribution in [-0.4, -0.2) is 0 Å². The molecule has 1 aliphatic rings. The summed E-state index contributed by atoms with van der Waals surface area (Å²) in [6, 6.07) is 62.1. The van der Waals surface area contributed by atoms with Crippen LogP contribution in [0.25, 0.3) is 98.8 Å². The fourth-order valence-corrected chi connectivity index (χ4v) is 9.34. The second kappa shape index (κ2) is 10.8. The van der Waals surface area contributed by atoms with Crippen LogP contribution in [0.5, 0.6) is 0 Å². The van der Waals surface area contributed by atoms with Gasteiger partial charge in [0.1, 0.15) is 11.2 Å². The molecule has 0 radical (unpaired) electrons. The summed E-state index contributed by atoms with van der Waals surface area (Å²) in [5.74, 6) is 0. The van der Waals surface area contributed by atoms with Crippen LogP contribution in [0.1, 0.15) is 25.0 Å². The Morgan fingerprint density at radius 2 is 0.865 bits per heavy atom. The average Bonchev–Trinajstić information content (AvgIpc) is 3.70. The topological polar surface area (TPSA) is 13.1 Å². The molecule has 0 saturated carbocycles. The first kappa shape index (κ1) is 29.3. The van der Waals surface area contributed by atoms with Gasteiger partial charge in [-0.2, -0.15) is 0 Å². The van der Waals surface area contributed by atoms with Gasteiger partial charge in [-0.15, -0.1) is 0 Å². The molecular formula is C51H34O. The highest BCUT2D eigenvalue weighted by Gasteiger charge is 2.40. The van der Waals surface area contributed by atoms with Crippen molar-refractivity contribution in [1.82, 2.24) is 0 Å². The van der Waals surface area contributed by atoms with E-state index in [9.17, 15) is 0 Å². The van der Waals surface area contributed by atoms with Crippen LogP contribution < -0.4 is 0 Å². The van der Waals surface area contributed by atoms with E-state index in [0.29, 0.717) is 0 Å². The van der Waals surface area contributed by atoms with Crippen molar-refractivity contribution >= 4 is 54.3 Å². The molecule has 52 heavy (non-hydrogen) atoms. The van der Waals surface area contributed by atoms with Gasteiger partial charge in [0.05, 0.1) is 0 Å². The van der Waals surface area contributed by atoms with E-state index in [-0.39, 0.29) is 5.41 Å². The first-order chi connectivity index (χ1) is 25.6. The van der Waals surface area contributed by atoms with Crippen molar-refractivity contribution in [2.24, 2.45) is 0 Å². The van der Waals surface area contributed by atoms with E-state index < -0.39 is 0 Å². The fourth-order valence-electron chi connectivity index (χ4n) is 9.34. The van der Waals surface area contributed by atoms with Gasteiger partial charge in [-0.25, -0.2) is 0 Å². The lowest BCUT2D eigenvalue weighted by Gasteiger charge is -2.24. The van der Waals surface area contributed by atoms with Gasteiger partial charge in [0.15, 0.2) is 0 Å². The van der Waals surface area contributed by atoms with Gasteiger partial charge < -0.3 is 4.42 Å². The Hall–Kier alpha value is -6.44. The summed E-state index contributed by atoms with van der Waals surface area (Å²) in [5.41, 5.74) is 14.4. The zero-order chi connectivity index (χ0) is 34.6. The summed E-state index contributed by atoms with van der Waals surface area (Å²) in [6.45, 7) is 4.75. The Balaban J connectivity index is 1.07. The first-order valence-electron chi connectivity index (χ1n) is 18.2. The van der Waals surface area contributed by atoms with E-state index >= 15 is 0 Å². The number of furan rings is 1. The summed E-state index contributed by atoms with van der Waals surface area (Å²) in [5, 5.41) is 10.1. The number of benzene rings is 9. The predicted molar refractivity (Wildman–Crippen MR) is 220 cm³/mol. The molecule has 0 bridgehead atoms. The third kappa shape index (κ3) is 3.99. The number of hydrogen-bond acceptors (Lipinski definition) is 1. The molecule has 1 heterocycles. The third-order valence-corrected chi connectivity index (χ3v) is 11.6. The van der Waals surface area contributed by atoms with Crippen LogP contribution in [0.4, 0.5) is 0 Å². The highest BCUT2D eigenvalue weighted by Crippen LogP contribution is 2.56. The van der Waals surface area contributed by atoms with Crippen molar-refractivity contribution in [2.45, 2.75) is 19.3 Å². The van der Waals surface area contributed by atoms with Crippen LogP contribution in [0, 0.1) is 0 Å². The monoisotopic (exact) mass is 662 g/mol. The molecule has 1 nitrogen and oxygen atoms in total. The molecule has 0 atom stereocenters. The van der Waals surface area contributed by atoms with E-state index in [2.05, 4.69) is 184 Å². The smallest absolute Gasteiger partial charge is 0.144 e. The van der Waals surface area contributed by atoms with E-state index in [1.807, 2.05) is 0 Å². The lowest BCUT2D eigenvalue weighted by atomic mass is 9.79. The normalized spacial score (nSPS) is 13.3. The fraction of sp³-hybridized carbons (Fsp3) is 0.0588. The molecule has 0 saturated heterocycles. The highest BCUT2D eigenvalue weighted by atomic mass is 16.3. The molecule has 1 heteroatoms. The minimum Gasteiger partial charge on any atom is -0.455 e. The molecule has 11 rings (SSSR count). The Morgan fingerprint density at radius 1 is 0.385 bits per heavy atom. The molecule has 0 fully saturated rings. The third-order valence-electron chi connectivity index (χ3n) is 11.6. The van der Waals surface area contributed by atoms with Gasteiger partial charge in [0, 0.05) is 21.8 Å². The second-order valence-corrected chi connectivity index (χ2v) is 14.8. The number of rotatable bonds is 3. The highest BCUT2D eigenvalue weighted by molar-refractivity contribution is 6.25. The molecule has 9 aromatic carbocycles. The molecule has 0 N–H and O–H groups in total. The van der Waals surface area contributed by atoms with Gasteiger partial charge in [0.25, 0.3) is 0 Å². The lowest BCUT2D eigenvalue weighted by molar-refractivity contribution is 0.658. The maximum absolute atomic E-state index is 6.72. The average molecular weight is 663 g/mol. The molecule has 0 unspecified atom stereocenters. The number of para-hydroxylation sites is 1. The maximum atomic E-state index is 6.72. The van der Waals surface area contributed by atoms with Crippen LogP contribution in [-0.2, 0) is 5.41 Å². The lowest BCUT2D eigenvalue weighted by Crippen LogP contribution is -2.15. The molecule has 0 aliphatic heterocycles. The van der Waals surface area contributed by atoms with E-state index in [1.165, 1.54) is 98.7 Å². The van der Waals surface area contributed by atoms with Gasteiger partial charge in [-0.1, -0.05) is 172 Å². The van der Waals surface area contributed by atoms with Crippen molar-refractivity contribution in [1.29, 1.82) is 0 Å². The van der Waals surface area contributed by atoms with Crippen LogP contribution >= 0.6 is 0 Å². The summed E-state index contributed by atoms with van der Waals surface area (Å²) in [7, 11) is 0. The minimum absolute atomic E-state index is 0.203. The van der Waals surface area contributed by atoms with Crippen LogP contribution in [0.15, 0.2) is 174 Å². The van der Waals surface area contributed by atoms with Crippen molar-refractivity contribution in [3.63, 3.8) is 0 Å². The molecule has 1 aromatic heterocycles. The Morgan fingerprint density at radius 3 is 1.50 bits per heavy atom. The molecule has 0 amide bonds. The number of hydrogen-bond donors (Lipinski definition) is 0. The van der Waals surface area contributed by atoms with E-state index in [0.717, 1.165) is 11.2 Å². The molecule has 1 aliphatic carbocycles. The van der Waals surface area contributed by atoms with Crippen molar-refractivity contribution in [3.8, 4) is 44.5 Å². The van der Waals surface area contributed by atoms with Gasteiger partial charge in [-0.3, -0.25) is 0 Å². The van der Waals surface area contributed by atoms with Gasteiger partial charge in [-0.05, 0) is 94.5 Å². The summed E-state index contributed by atoms with van der Waals surface area (Å²) >= 11 is 0. The summed E-state index contributed by atoms with van der Waals surface area (Å²) < 4.78 is 6.72. The summed E-state index contributed by atoms with van der Waals surface area (Å²) in [4.78, 5) is 0. The molecule has 0 spiro atoms. The van der Waals surface area contributed by atoms with Gasteiger partial charge >= 0.3 is 0 Å². The molecule has 244 valence electrons. The first-order valence-corrected chi connectivity index (χ1v) is 18.2. The second-order valence-electron chi connectivity index (χ2n) is 14.8. The van der Waals surface area contributed by atoms with Gasteiger partial charge in [0.2, 0.25) is 0 Å². The maximum Gasteiger partial charge on any atom is 0.144 e. The van der Waals surface area contributed by atoms with Crippen LogP contribution in [0.3, 0.4) is 0 Å². The van der Waals surface area contributed by atoms with Crippen molar-refractivity contribution in [2.75, 3.05) is 0 Å². The summed E-state index contributed by atoms with van der Waals surface area (Å²) in [6.07, 6.45) is 0. The SMILES string of the molecule is CC1(C)c2cc(-c3ccc(-c4c5ccccc5c(-c5ccccc5)c5ccccc45)cc3)ccc2-c2c1c1ccccc1c1c2oc2ccccc21. The predicted octanol–water partition coefficient (Wildman–Crippen LogP) is 14.4. The van der Waals surface area contributed by atoms with Crippen LogP contribution in [0.2, 0.25) is 0 Å².